The number of nitrogens with one attached hydrogen (secondary N) is 1. The Morgan fingerprint density at radius 2 is 2.00 bits per heavy atom. The van der Waals surface area contributed by atoms with Gasteiger partial charge in [0.2, 0.25) is 0 Å². The SMILES string of the molecule is CC(C)(C(=O)NO)c1ccccc1F. The Hall–Kier alpha value is -1.42. The average molecular weight is 197 g/mol. The van der Waals surface area contributed by atoms with E-state index >= 15 is 0 Å². The van der Waals surface area contributed by atoms with Crippen molar-refractivity contribution in [3.05, 3.63) is 35.6 Å². The molecule has 0 aromatic heterocycles. The number of hydroxylamine groups is 1. The molecule has 3 nitrogen and oxygen atoms in total. The molecule has 1 amide bonds. The molecule has 0 aliphatic rings. The van der Waals surface area contributed by atoms with Crippen LogP contribution in [-0.4, -0.2) is 11.1 Å². The molecule has 0 saturated carbocycles. The lowest BCUT2D eigenvalue weighted by molar-refractivity contribution is -0.134. The van der Waals surface area contributed by atoms with Crippen LogP contribution >= 0.6 is 0 Å². The third-order valence-corrected chi connectivity index (χ3v) is 2.22. The maximum atomic E-state index is 13.3. The van der Waals surface area contributed by atoms with E-state index in [1.54, 1.807) is 12.1 Å². The summed E-state index contributed by atoms with van der Waals surface area (Å²) in [6.45, 7) is 3.08. The first-order chi connectivity index (χ1) is 6.50. The molecule has 1 aromatic rings. The molecular formula is C10H12FNO2. The molecular weight excluding hydrogens is 185 g/mol. The Morgan fingerprint density at radius 3 is 2.50 bits per heavy atom. The van der Waals surface area contributed by atoms with Crippen LogP contribution in [0, 0.1) is 5.82 Å². The van der Waals surface area contributed by atoms with Gasteiger partial charge in [0.1, 0.15) is 5.82 Å². The zero-order valence-electron chi connectivity index (χ0n) is 8.04. The molecule has 0 atom stereocenters. The number of carbonyl (C=O) groups is 1. The summed E-state index contributed by atoms with van der Waals surface area (Å²) in [5, 5.41) is 8.50. The van der Waals surface area contributed by atoms with Gasteiger partial charge in [-0.25, -0.2) is 9.87 Å². The molecule has 0 unspecified atom stereocenters. The molecule has 0 saturated heterocycles. The normalized spacial score (nSPS) is 11.1. The number of hydrogen-bond acceptors (Lipinski definition) is 2. The lowest BCUT2D eigenvalue weighted by atomic mass is 9.83. The first-order valence-corrected chi connectivity index (χ1v) is 4.19. The number of amides is 1. The maximum Gasteiger partial charge on any atom is 0.253 e. The highest BCUT2D eigenvalue weighted by Crippen LogP contribution is 2.25. The molecule has 1 aromatic carbocycles. The standard InChI is InChI=1S/C10H12FNO2/c1-10(2,9(13)12-14)7-5-3-4-6-8(7)11/h3-6,14H,1-2H3,(H,12,13). The van der Waals surface area contributed by atoms with Crippen molar-refractivity contribution >= 4 is 5.91 Å². The van der Waals surface area contributed by atoms with Gasteiger partial charge in [0.25, 0.3) is 5.91 Å². The summed E-state index contributed by atoms with van der Waals surface area (Å²) in [5.41, 5.74) is 0.698. The molecule has 0 heterocycles. The summed E-state index contributed by atoms with van der Waals surface area (Å²) in [6.07, 6.45) is 0. The number of rotatable bonds is 2. The minimum Gasteiger partial charge on any atom is -0.289 e. The van der Waals surface area contributed by atoms with Gasteiger partial charge in [-0.2, -0.15) is 0 Å². The van der Waals surface area contributed by atoms with Gasteiger partial charge >= 0.3 is 0 Å². The molecule has 76 valence electrons. The predicted octanol–water partition coefficient (Wildman–Crippen LogP) is 1.61. The van der Waals surface area contributed by atoms with Crippen LogP contribution in [0.5, 0.6) is 0 Å². The van der Waals surface area contributed by atoms with Crippen LogP contribution in [0.25, 0.3) is 0 Å². The minimum atomic E-state index is -1.08. The second-order valence-electron chi connectivity index (χ2n) is 3.55. The van der Waals surface area contributed by atoms with Gasteiger partial charge in [-0.1, -0.05) is 18.2 Å². The molecule has 0 spiro atoms. The largest absolute Gasteiger partial charge is 0.289 e. The summed E-state index contributed by atoms with van der Waals surface area (Å²) in [7, 11) is 0. The van der Waals surface area contributed by atoms with E-state index in [4.69, 9.17) is 5.21 Å². The van der Waals surface area contributed by atoms with Crippen LogP contribution in [0.1, 0.15) is 19.4 Å². The third-order valence-electron chi connectivity index (χ3n) is 2.22. The Labute approximate surface area is 81.5 Å². The third kappa shape index (κ3) is 1.75. The highest BCUT2D eigenvalue weighted by Gasteiger charge is 2.31. The summed E-state index contributed by atoms with van der Waals surface area (Å²) in [6, 6.07) is 5.99. The number of carbonyl (C=O) groups excluding carboxylic acids is 1. The summed E-state index contributed by atoms with van der Waals surface area (Å²) in [4.78, 5) is 11.3. The average Bonchev–Trinajstić information content (AvgIpc) is 2.17. The molecule has 0 radical (unpaired) electrons. The fraction of sp³-hybridized carbons (Fsp3) is 0.300. The van der Waals surface area contributed by atoms with Crippen molar-refractivity contribution in [2.24, 2.45) is 0 Å². The van der Waals surface area contributed by atoms with Gasteiger partial charge in [0.15, 0.2) is 0 Å². The fourth-order valence-electron chi connectivity index (χ4n) is 1.23. The molecule has 1 rings (SSSR count). The van der Waals surface area contributed by atoms with E-state index in [1.165, 1.54) is 31.5 Å². The van der Waals surface area contributed by atoms with Crippen LogP contribution in [0.3, 0.4) is 0 Å². The number of benzene rings is 1. The van der Waals surface area contributed by atoms with Crippen LogP contribution < -0.4 is 5.48 Å². The first kappa shape index (κ1) is 10.7. The van der Waals surface area contributed by atoms with Gasteiger partial charge in [-0.15, -0.1) is 0 Å². The van der Waals surface area contributed by atoms with Crippen molar-refractivity contribution in [1.29, 1.82) is 0 Å². The zero-order chi connectivity index (χ0) is 10.8. The quantitative estimate of drug-likeness (QED) is 0.559. The van der Waals surface area contributed by atoms with Gasteiger partial charge in [0.05, 0.1) is 5.41 Å². The van der Waals surface area contributed by atoms with Crippen LogP contribution in [0.2, 0.25) is 0 Å². The summed E-state index contributed by atoms with van der Waals surface area (Å²) in [5.74, 6) is -1.09. The molecule has 4 heteroatoms. The topological polar surface area (TPSA) is 49.3 Å². The smallest absolute Gasteiger partial charge is 0.253 e. The van der Waals surface area contributed by atoms with Gasteiger partial charge in [-0.05, 0) is 19.9 Å². The Bertz CT molecular complexity index is 350. The fourth-order valence-corrected chi connectivity index (χ4v) is 1.23. The molecule has 0 aliphatic carbocycles. The van der Waals surface area contributed by atoms with Crippen LogP contribution in [-0.2, 0) is 10.2 Å². The van der Waals surface area contributed by atoms with Gasteiger partial charge in [-0.3, -0.25) is 10.0 Å². The molecule has 0 aliphatic heterocycles. The Kier molecular flexibility index (Phi) is 2.86. The molecule has 0 bridgehead atoms. The molecule has 0 fully saturated rings. The lowest BCUT2D eigenvalue weighted by Crippen LogP contribution is -2.38. The monoisotopic (exact) mass is 197 g/mol. The highest BCUT2D eigenvalue weighted by molar-refractivity contribution is 5.86. The second-order valence-corrected chi connectivity index (χ2v) is 3.55. The van der Waals surface area contributed by atoms with Crippen molar-refractivity contribution in [3.63, 3.8) is 0 Å². The minimum absolute atomic E-state index is 0.256. The van der Waals surface area contributed by atoms with E-state index < -0.39 is 17.1 Å². The highest BCUT2D eigenvalue weighted by atomic mass is 19.1. The van der Waals surface area contributed by atoms with Crippen molar-refractivity contribution in [3.8, 4) is 0 Å². The van der Waals surface area contributed by atoms with Crippen molar-refractivity contribution in [1.82, 2.24) is 5.48 Å². The van der Waals surface area contributed by atoms with Crippen molar-refractivity contribution in [2.45, 2.75) is 19.3 Å². The summed E-state index contributed by atoms with van der Waals surface area (Å²) < 4.78 is 13.3. The first-order valence-electron chi connectivity index (χ1n) is 4.19. The van der Waals surface area contributed by atoms with E-state index in [9.17, 15) is 9.18 Å². The molecule has 14 heavy (non-hydrogen) atoms. The van der Waals surface area contributed by atoms with Crippen molar-refractivity contribution < 1.29 is 14.4 Å². The predicted molar refractivity (Wildman–Crippen MR) is 49.4 cm³/mol. The van der Waals surface area contributed by atoms with Crippen LogP contribution in [0.15, 0.2) is 24.3 Å². The van der Waals surface area contributed by atoms with Gasteiger partial charge in [0, 0.05) is 5.56 Å². The van der Waals surface area contributed by atoms with E-state index in [-0.39, 0.29) is 5.56 Å². The lowest BCUT2D eigenvalue weighted by Gasteiger charge is -2.22. The van der Waals surface area contributed by atoms with Crippen molar-refractivity contribution in [2.75, 3.05) is 0 Å². The van der Waals surface area contributed by atoms with E-state index in [1.807, 2.05) is 0 Å². The molecule has 2 N–H and O–H groups in total. The van der Waals surface area contributed by atoms with E-state index in [0.29, 0.717) is 0 Å². The van der Waals surface area contributed by atoms with Gasteiger partial charge < -0.3 is 0 Å². The van der Waals surface area contributed by atoms with E-state index in [2.05, 4.69) is 0 Å². The second kappa shape index (κ2) is 3.75. The summed E-state index contributed by atoms with van der Waals surface area (Å²) >= 11 is 0. The number of hydrogen-bond donors (Lipinski definition) is 2. The Morgan fingerprint density at radius 1 is 1.43 bits per heavy atom. The number of halogens is 1. The Balaban J connectivity index is 3.16. The zero-order valence-corrected chi connectivity index (χ0v) is 8.04. The van der Waals surface area contributed by atoms with Crippen LogP contribution in [0.4, 0.5) is 4.39 Å². The van der Waals surface area contributed by atoms with E-state index in [0.717, 1.165) is 0 Å². The maximum absolute atomic E-state index is 13.3.